The first kappa shape index (κ1) is 18.2. The Morgan fingerprint density at radius 3 is 2.75 bits per heavy atom. The lowest BCUT2D eigenvalue weighted by molar-refractivity contribution is -0.129. The molecule has 1 saturated heterocycles. The van der Waals surface area contributed by atoms with Crippen LogP contribution in [-0.2, 0) is 11.3 Å². The van der Waals surface area contributed by atoms with Crippen molar-refractivity contribution in [2.24, 2.45) is 0 Å². The summed E-state index contributed by atoms with van der Waals surface area (Å²) >= 11 is 0. The van der Waals surface area contributed by atoms with E-state index in [-0.39, 0.29) is 30.2 Å². The Kier molecular flexibility index (Phi) is 4.81. The van der Waals surface area contributed by atoms with Crippen LogP contribution in [-0.4, -0.2) is 32.6 Å². The van der Waals surface area contributed by atoms with E-state index in [4.69, 9.17) is 0 Å². The van der Waals surface area contributed by atoms with E-state index in [1.807, 2.05) is 33.7 Å². The summed E-state index contributed by atoms with van der Waals surface area (Å²) in [6.07, 6.45) is 3.60. The molecule has 0 bridgehead atoms. The smallest absolute Gasteiger partial charge is 0.272 e. The van der Waals surface area contributed by atoms with Gasteiger partial charge in [-0.25, -0.2) is 9.37 Å². The molecule has 2 amide bonds. The van der Waals surface area contributed by atoms with Crippen LogP contribution in [0, 0.1) is 5.82 Å². The summed E-state index contributed by atoms with van der Waals surface area (Å²) in [7, 11) is 0. The fraction of sp³-hybridized carbons (Fsp3) is 0.286. The number of hydrogen-bond donors (Lipinski definition) is 1. The summed E-state index contributed by atoms with van der Waals surface area (Å²) in [6.45, 7) is 2.54. The van der Waals surface area contributed by atoms with E-state index in [1.165, 1.54) is 12.1 Å². The summed E-state index contributed by atoms with van der Waals surface area (Å²) in [5.74, 6) is 0.103. The lowest BCUT2D eigenvalue weighted by atomic mass is 10.2. The number of pyridine rings is 1. The topological polar surface area (TPSA) is 66.7 Å². The molecule has 144 valence electrons. The lowest BCUT2D eigenvalue weighted by Crippen LogP contribution is -2.29. The Morgan fingerprint density at radius 2 is 2.00 bits per heavy atom. The Morgan fingerprint density at radius 1 is 1.21 bits per heavy atom. The minimum absolute atomic E-state index is 0.0116. The van der Waals surface area contributed by atoms with Crippen molar-refractivity contribution >= 4 is 17.3 Å². The molecular formula is C21H21FN4O2. The third kappa shape index (κ3) is 3.35. The van der Waals surface area contributed by atoms with Gasteiger partial charge in [-0.1, -0.05) is 18.2 Å². The molecule has 0 spiro atoms. The molecule has 1 aromatic carbocycles. The predicted molar refractivity (Wildman–Crippen MR) is 102 cm³/mol. The molecule has 7 heteroatoms. The molecule has 0 aliphatic carbocycles. The maximum atomic E-state index is 13.0. The van der Waals surface area contributed by atoms with Crippen molar-refractivity contribution in [2.75, 3.05) is 6.54 Å². The highest BCUT2D eigenvalue weighted by molar-refractivity contribution is 5.99. The van der Waals surface area contributed by atoms with E-state index in [9.17, 15) is 14.0 Å². The highest BCUT2D eigenvalue weighted by atomic mass is 19.1. The molecule has 28 heavy (non-hydrogen) atoms. The molecule has 3 heterocycles. The zero-order valence-electron chi connectivity index (χ0n) is 15.6. The normalized spacial score (nSPS) is 16.5. The van der Waals surface area contributed by atoms with Crippen LogP contribution in [0.4, 0.5) is 4.39 Å². The molecule has 6 nitrogen and oxygen atoms in total. The summed E-state index contributed by atoms with van der Waals surface area (Å²) in [5.41, 5.74) is 1.83. The van der Waals surface area contributed by atoms with Crippen molar-refractivity contribution in [3.63, 3.8) is 0 Å². The van der Waals surface area contributed by atoms with E-state index >= 15 is 0 Å². The van der Waals surface area contributed by atoms with Crippen LogP contribution in [0.5, 0.6) is 0 Å². The van der Waals surface area contributed by atoms with E-state index in [2.05, 4.69) is 10.3 Å². The summed E-state index contributed by atoms with van der Waals surface area (Å²) in [5, 5.41) is 2.85. The molecule has 2 aromatic heterocycles. The van der Waals surface area contributed by atoms with Gasteiger partial charge in [-0.3, -0.25) is 9.59 Å². The number of aromatic nitrogens is 2. The SMILES string of the molecule is CC(=O)N1CCC[C@H]1c1nc(C(=O)NCc2ccc(F)cc2)c2ccccn12. The number of hydrogen-bond acceptors (Lipinski definition) is 3. The molecule has 1 N–H and O–H groups in total. The van der Waals surface area contributed by atoms with Crippen molar-refractivity contribution in [1.82, 2.24) is 19.6 Å². The molecule has 0 saturated carbocycles. The van der Waals surface area contributed by atoms with Gasteiger partial charge in [-0.05, 0) is 42.7 Å². The number of likely N-dealkylation sites (tertiary alicyclic amines) is 1. The molecule has 1 aliphatic rings. The fourth-order valence-corrected chi connectivity index (χ4v) is 3.74. The van der Waals surface area contributed by atoms with Gasteiger partial charge in [0, 0.05) is 26.2 Å². The van der Waals surface area contributed by atoms with E-state index in [1.54, 1.807) is 19.1 Å². The number of nitrogens with zero attached hydrogens (tertiary/aromatic N) is 3. The first-order valence-electron chi connectivity index (χ1n) is 9.31. The Balaban J connectivity index is 1.63. The van der Waals surface area contributed by atoms with Crippen molar-refractivity contribution in [2.45, 2.75) is 32.4 Å². The van der Waals surface area contributed by atoms with Gasteiger partial charge < -0.3 is 14.6 Å². The highest BCUT2D eigenvalue weighted by Crippen LogP contribution is 2.32. The van der Waals surface area contributed by atoms with Crippen LogP contribution in [0.25, 0.3) is 5.52 Å². The minimum atomic E-state index is -0.314. The summed E-state index contributed by atoms with van der Waals surface area (Å²) in [6, 6.07) is 11.4. The first-order valence-corrected chi connectivity index (χ1v) is 9.31. The third-order valence-corrected chi connectivity index (χ3v) is 5.11. The Labute approximate surface area is 162 Å². The molecule has 4 rings (SSSR count). The number of carbonyl (C=O) groups is 2. The average Bonchev–Trinajstić information content (AvgIpc) is 3.32. The Bertz CT molecular complexity index is 1030. The molecule has 1 fully saturated rings. The molecule has 1 atom stereocenters. The van der Waals surface area contributed by atoms with E-state index in [0.29, 0.717) is 23.6 Å². The van der Waals surface area contributed by atoms with Crippen molar-refractivity contribution in [3.05, 3.63) is 71.6 Å². The highest BCUT2D eigenvalue weighted by Gasteiger charge is 2.32. The van der Waals surface area contributed by atoms with Gasteiger partial charge in [-0.15, -0.1) is 0 Å². The maximum absolute atomic E-state index is 13.0. The number of nitrogens with one attached hydrogen (secondary N) is 1. The third-order valence-electron chi connectivity index (χ3n) is 5.11. The van der Waals surface area contributed by atoms with Crippen LogP contribution in [0.3, 0.4) is 0 Å². The Hall–Kier alpha value is -3.22. The number of amides is 2. The molecule has 0 radical (unpaired) electrons. The van der Waals surface area contributed by atoms with E-state index in [0.717, 1.165) is 18.4 Å². The number of halogens is 1. The van der Waals surface area contributed by atoms with E-state index < -0.39 is 0 Å². The van der Waals surface area contributed by atoms with Crippen LogP contribution in [0.2, 0.25) is 0 Å². The number of benzene rings is 1. The molecule has 0 unspecified atom stereocenters. The average molecular weight is 380 g/mol. The van der Waals surface area contributed by atoms with Gasteiger partial charge >= 0.3 is 0 Å². The zero-order valence-corrected chi connectivity index (χ0v) is 15.6. The number of imidazole rings is 1. The van der Waals surface area contributed by atoms with Gasteiger partial charge in [-0.2, -0.15) is 0 Å². The van der Waals surface area contributed by atoms with Gasteiger partial charge in [0.1, 0.15) is 11.6 Å². The van der Waals surface area contributed by atoms with Crippen LogP contribution in [0.1, 0.15) is 47.7 Å². The molecule has 1 aliphatic heterocycles. The molecular weight excluding hydrogens is 359 g/mol. The van der Waals surface area contributed by atoms with Crippen LogP contribution in [0.15, 0.2) is 48.7 Å². The summed E-state index contributed by atoms with van der Waals surface area (Å²) in [4.78, 5) is 31.2. The fourth-order valence-electron chi connectivity index (χ4n) is 3.74. The quantitative estimate of drug-likeness (QED) is 0.756. The number of rotatable bonds is 4. The van der Waals surface area contributed by atoms with Gasteiger partial charge in [0.15, 0.2) is 5.69 Å². The van der Waals surface area contributed by atoms with Crippen LogP contribution >= 0.6 is 0 Å². The second kappa shape index (κ2) is 7.42. The standard InChI is InChI=1S/C21H21FN4O2/c1-14(27)25-12-4-6-18(25)20-24-19(17-5-2-3-11-26(17)20)21(28)23-13-15-7-9-16(22)10-8-15/h2-3,5,7-11,18H,4,6,12-13H2,1H3,(H,23,28)/t18-/m0/s1. The van der Waals surface area contributed by atoms with Gasteiger partial charge in [0.25, 0.3) is 5.91 Å². The monoisotopic (exact) mass is 380 g/mol. The second-order valence-electron chi connectivity index (χ2n) is 6.95. The second-order valence-corrected chi connectivity index (χ2v) is 6.95. The predicted octanol–water partition coefficient (Wildman–Crippen LogP) is 3.09. The number of carbonyl (C=O) groups excluding carboxylic acids is 2. The van der Waals surface area contributed by atoms with Gasteiger partial charge in [0.2, 0.25) is 5.91 Å². The first-order chi connectivity index (χ1) is 13.5. The molecule has 3 aromatic rings. The van der Waals surface area contributed by atoms with Gasteiger partial charge in [0.05, 0.1) is 11.6 Å². The largest absolute Gasteiger partial charge is 0.347 e. The van der Waals surface area contributed by atoms with Crippen LogP contribution < -0.4 is 5.32 Å². The zero-order chi connectivity index (χ0) is 19.7. The van der Waals surface area contributed by atoms with Crippen molar-refractivity contribution < 1.29 is 14.0 Å². The maximum Gasteiger partial charge on any atom is 0.272 e. The van der Waals surface area contributed by atoms with Crippen molar-refractivity contribution in [1.29, 1.82) is 0 Å². The summed E-state index contributed by atoms with van der Waals surface area (Å²) < 4.78 is 14.9. The number of fused-ring (bicyclic) bond motifs is 1. The van der Waals surface area contributed by atoms with Crippen molar-refractivity contribution in [3.8, 4) is 0 Å². The minimum Gasteiger partial charge on any atom is -0.347 e. The lowest BCUT2D eigenvalue weighted by Gasteiger charge is -2.22.